The molecular weight excluding hydrogens is 340 g/mol. The summed E-state index contributed by atoms with van der Waals surface area (Å²) in [5.74, 6) is 2.83. The third-order valence-electron chi connectivity index (χ3n) is 5.86. The molecule has 0 aromatic heterocycles. The molecule has 2 fully saturated rings. The van der Waals surface area contributed by atoms with E-state index in [2.05, 4.69) is 5.32 Å². The van der Waals surface area contributed by atoms with E-state index in [4.69, 9.17) is 15.2 Å². The molecule has 3 unspecified atom stereocenters. The smallest absolute Gasteiger partial charge is 0.223 e. The van der Waals surface area contributed by atoms with Crippen molar-refractivity contribution in [2.45, 2.75) is 44.2 Å². The van der Waals surface area contributed by atoms with E-state index in [9.17, 15) is 4.79 Å². The lowest BCUT2D eigenvalue weighted by Gasteiger charge is -2.43. The quantitative estimate of drug-likeness (QED) is 0.862. The Morgan fingerprint density at radius 1 is 1.16 bits per heavy atom. The van der Waals surface area contributed by atoms with Crippen LogP contribution in [-0.2, 0) is 4.79 Å². The number of nitrogens with two attached hydrogens (primary N) is 1. The summed E-state index contributed by atoms with van der Waals surface area (Å²) in [6.45, 7) is 0.961. The van der Waals surface area contributed by atoms with Crippen molar-refractivity contribution in [2.75, 3.05) is 13.2 Å². The summed E-state index contributed by atoms with van der Waals surface area (Å²) in [5, 5.41) is 3.07. The van der Waals surface area contributed by atoms with Gasteiger partial charge in [0.2, 0.25) is 5.91 Å². The molecule has 5 nitrogen and oxygen atoms in total. The fraction of sp³-hybridized carbons (Fsp3) is 0.632. The lowest BCUT2D eigenvalue weighted by atomic mass is 9.65. The van der Waals surface area contributed by atoms with Crippen LogP contribution in [0.25, 0.3) is 0 Å². The summed E-state index contributed by atoms with van der Waals surface area (Å²) in [4.78, 5) is 12.6. The minimum absolute atomic E-state index is 0. The van der Waals surface area contributed by atoms with Gasteiger partial charge in [0, 0.05) is 12.0 Å². The highest BCUT2D eigenvalue weighted by molar-refractivity contribution is 5.85. The lowest BCUT2D eigenvalue weighted by Crippen LogP contribution is -2.50. The number of hydrogen-bond acceptors (Lipinski definition) is 4. The van der Waals surface area contributed by atoms with Gasteiger partial charge in [-0.2, -0.15) is 0 Å². The molecule has 138 valence electrons. The molecule has 2 aliphatic carbocycles. The zero-order chi connectivity index (χ0) is 16.5. The number of hydrogen-bond donors (Lipinski definition) is 2. The Balaban J connectivity index is 0.00000182. The molecule has 1 aromatic carbocycles. The third-order valence-corrected chi connectivity index (χ3v) is 5.86. The fourth-order valence-electron chi connectivity index (χ4n) is 4.53. The molecule has 3 atom stereocenters. The van der Waals surface area contributed by atoms with E-state index >= 15 is 0 Å². The van der Waals surface area contributed by atoms with Gasteiger partial charge in [-0.15, -0.1) is 12.4 Å². The summed E-state index contributed by atoms with van der Waals surface area (Å²) in [6, 6.07) is 7.94. The van der Waals surface area contributed by atoms with Gasteiger partial charge in [-0.3, -0.25) is 4.79 Å². The first-order valence-electron chi connectivity index (χ1n) is 9.12. The van der Waals surface area contributed by atoms with Crippen LogP contribution in [0.15, 0.2) is 24.3 Å². The minimum Gasteiger partial charge on any atom is -0.486 e. The van der Waals surface area contributed by atoms with Crippen molar-refractivity contribution in [3.05, 3.63) is 24.3 Å². The van der Waals surface area contributed by atoms with Crippen LogP contribution in [0.3, 0.4) is 0 Å². The summed E-state index contributed by atoms with van der Waals surface area (Å²) in [6.07, 6.45) is 5.37. The van der Waals surface area contributed by atoms with Gasteiger partial charge in [-0.05, 0) is 49.7 Å². The van der Waals surface area contributed by atoms with E-state index in [-0.39, 0.29) is 30.3 Å². The van der Waals surface area contributed by atoms with Gasteiger partial charge in [0.15, 0.2) is 11.5 Å². The highest BCUT2D eigenvalue weighted by Crippen LogP contribution is 2.41. The average Bonchev–Trinajstić information content (AvgIpc) is 2.59. The van der Waals surface area contributed by atoms with Crippen molar-refractivity contribution < 1.29 is 14.3 Å². The molecule has 3 N–H and O–H groups in total. The Morgan fingerprint density at radius 2 is 1.84 bits per heavy atom. The molecule has 1 heterocycles. The van der Waals surface area contributed by atoms with Crippen molar-refractivity contribution in [2.24, 2.45) is 23.5 Å². The van der Waals surface area contributed by atoms with Gasteiger partial charge < -0.3 is 20.5 Å². The highest BCUT2D eigenvalue weighted by Gasteiger charge is 2.40. The van der Waals surface area contributed by atoms with Crippen molar-refractivity contribution in [3.8, 4) is 11.5 Å². The van der Waals surface area contributed by atoms with Crippen LogP contribution in [0.2, 0.25) is 0 Å². The number of fused-ring (bicyclic) bond motifs is 3. The second-order valence-electron chi connectivity index (χ2n) is 7.44. The van der Waals surface area contributed by atoms with Gasteiger partial charge in [-0.1, -0.05) is 18.6 Å². The topological polar surface area (TPSA) is 73.6 Å². The number of amides is 1. The van der Waals surface area contributed by atoms with Gasteiger partial charge >= 0.3 is 0 Å². The molecule has 2 bridgehead atoms. The molecule has 0 saturated heterocycles. The molecule has 3 aliphatic rings. The molecule has 6 heteroatoms. The van der Waals surface area contributed by atoms with Gasteiger partial charge in [-0.25, -0.2) is 0 Å². The maximum Gasteiger partial charge on any atom is 0.223 e. The van der Waals surface area contributed by atoms with Gasteiger partial charge in [0.1, 0.15) is 12.7 Å². The molecule has 25 heavy (non-hydrogen) atoms. The second kappa shape index (κ2) is 7.83. The van der Waals surface area contributed by atoms with Gasteiger partial charge in [0.25, 0.3) is 0 Å². The Hall–Kier alpha value is -1.46. The number of ether oxygens (including phenoxy) is 2. The monoisotopic (exact) mass is 366 g/mol. The standard InChI is InChI=1S/C19H26N2O3.ClH/c20-18-12-4-3-5-13(18)9-14(8-12)19(22)21-10-15-11-23-16-6-1-2-7-17(16)24-15;/h1-2,6-7,12-15,18H,3-5,8-11,20H2,(H,21,22);1H. The number of carbonyl (C=O) groups is 1. The number of benzene rings is 1. The van der Waals surface area contributed by atoms with Crippen molar-refractivity contribution in [1.82, 2.24) is 5.32 Å². The van der Waals surface area contributed by atoms with E-state index in [1.165, 1.54) is 19.3 Å². The SMILES string of the molecule is Cl.NC1C2CCCC1CC(C(=O)NCC1COc3ccccc3O1)C2. The third kappa shape index (κ3) is 3.87. The lowest BCUT2D eigenvalue weighted by molar-refractivity contribution is -0.128. The minimum atomic E-state index is -0.130. The maximum absolute atomic E-state index is 12.6. The predicted octanol–water partition coefficient (Wildman–Crippen LogP) is 2.52. The molecular formula is C19H27ClN2O3. The van der Waals surface area contributed by atoms with Gasteiger partial charge in [0.05, 0.1) is 6.54 Å². The molecule has 1 aliphatic heterocycles. The largest absolute Gasteiger partial charge is 0.486 e. The summed E-state index contributed by atoms with van der Waals surface area (Å²) < 4.78 is 11.6. The number of rotatable bonds is 3. The fourth-order valence-corrected chi connectivity index (χ4v) is 4.53. The van der Waals surface area contributed by atoms with Crippen LogP contribution < -0.4 is 20.5 Å². The average molecular weight is 367 g/mol. The maximum atomic E-state index is 12.6. The molecule has 1 aromatic rings. The van der Waals surface area contributed by atoms with Crippen molar-refractivity contribution >= 4 is 18.3 Å². The van der Waals surface area contributed by atoms with Crippen LogP contribution in [0.4, 0.5) is 0 Å². The first-order valence-corrected chi connectivity index (χ1v) is 9.12. The van der Waals surface area contributed by atoms with Crippen LogP contribution in [0.1, 0.15) is 32.1 Å². The Morgan fingerprint density at radius 3 is 2.56 bits per heavy atom. The number of carbonyl (C=O) groups excluding carboxylic acids is 1. The Bertz CT molecular complexity index is 598. The van der Waals surface area contributed by atoms with Crippen molar-refractivity contribution in [1.29, 1.82) is 0 Å². The van der Waals surface area contributed by atoms with E-state index in [1.807, 2.05) is 24.3 Å². The van der Waals surface area contributed by atoms with Crippen LogP contribution >= 0.6 is 12.4 Å². The summed E-state index contributed by atoms with van der Waals surface area (Å²) in [5.41, 5.74) is 6.31. The van der Waals surface area contributed by atoms with Crippen LogP contribution in [0, 0.1) is 17.8 Å². The highest BCUT2D eigenvalue weighted by atomic mass is 35.5. The van der Waals surface area contributed by atoms with E-state index < -0.39 is 0 Å². The van der Waals surface area contributed by atoms with Crippen molar-refractivity contribution in [3.63, 3.8) is 0 Å². The second-order valence-corrected chi connectivity index (χ2v) is 7.44. The Kier molecular flexibility index (Phi) is 5.74. The zero-order valence-corrected chi connectivity index (χ0v) is 15.2. The number of nitrogens with one attached hydrogen (secondary N) is 1. The van der Waals surface area contributed by atoms with Crippen LogP contribution in [-0.4, -0.2) is 31.2 Å². The number of halogens is 1. The molecule has 2 saturated carbocycles. The number of para-hydroxylation sites is 2. The Labute approximate surface area is 155 Å². The van der Waals surface area contributed by atoms with Crippen LogP contribution in [0.5, 0.6) is 11.5 Å². The first kappa shape index (κ1) is 18.3. The summed E-state index contributed by atoms with van der Waals surface area (Å²) in [7, 11) is 0. The molecule has 1 amide bonds. The first-order chi connectivity index (χ1) is 11.7. The normalized spacial score (nSPS) is 33.1. The molecule has 0 radical (unpaired) electrons. The molecule has 4 rings (SSSR count). The van der Waals surface area contributed by atoms with E-state index in [0.717, 1.165) is 24.3 Å². The zero-order valence-electron chi connectivity index (χ0n) is 14.4. The molecule has 0 spiro atoms. The van der Waals surface area contributed by atoms with E-state index in [1.54, 1.807) is 0 Å². The van der Waals surface area contributed by atoms with E-state index in [0.29, 0.717) is 31.0 Å². The predicted molar refractivity (Wildman–Crippen MR) is 98.1 cm³/mol. The summed E-state index contributed by atoms with van der Waals surface area (Å²) >= 11 is 0.